The van der Waals surface area contributed by atoms with Crippen molar-refractivity contribution < 1.29 is 13.9 Å². The van der Waals surface area contributed by atoms with Gasteiger partial charge >= 0.3 is 6.09 Å². The Kier molecular flexibility index (Phi) is 5.33. The van der Waals surface area contributed by atoms with Crippen molar-refractivity contribution in [1.29, 1.82) is 0 Å². The van der Waals surface area contributed by atoms with Crippen LogP contribution in [-0.4, -0.2) is 63.0 Å². The minimum absolute atomic E-state index is 0.148. The Balaban J connectivity index is 1.27. The van der Waals surface area contributed by atoms with Crippen LogP contribution in [0.3, 0.4) is 0 Å². The van der Waals surface area contributed by atoms with E-state index in [0.717, 1.165) is 49.2 Å². The van der Waals surface area contributed by atoms with Gasteiger partial charge in [-0.15, -0.1) is 10.2 Å². The van der Waals surface area contributed by atoms with Crippen molar-refractivity contribution in [1.82, 2.24) is 24.6 Å². The van der Waals surface area contributed by atoms with Crippen LogP contribution in [0.1, 0.15) is 38.2 Å². The van der Waals surface area contributed by atoms with Crippen LogP contribution in [0.4, 0.5) is 21.0 Å². The lowest BCUT2D eigenvalue weighted by Gasteiger charge is -2.60. The van der Waals surface area contributed by atoms with E-state index in [1.807, 2.05) is 43.5 Å². The number of pyridine rings is 1. The maximum atomic E-state index is 13.2. The third kappa shape index (κ3) is 3.75. The van der Waals surface area contributed by atoms with Crippen molar-refractivity contribution in [2.24, 2.45) is 5.41 Å². The van der Waals surface area contributed by atoms with Gasteiger partial charge in [0.1, 0.15) is 11.6 Å². The van der Waals surface area contributed by atoms with Crippen LogP contribution in [0, 0.1) is 11.2 Å². The predicted molar refractivity (Wildman–Crippen MR) is 133 cm³/mol. The van der Waals surface area contributed by atoms with E-state index in [2.05, 4.69) is 25.0 Å². The summed E-state index contributed by atoms with van der Waals surface area (Å²) in [5.74, 6) is 1.90. The lowest BCUT2D eigenvalue weighted by molar-refractivity contribution is 0.0618. The molecule has 0 saturated carbocycles. The first kappa shape index (κ1) is 23.0. The maximum absolute atomic E-state index is 13.2. The number of ether oxygens (including phenoxy) is 1. The summed E-state index contributed by atoms with van der Waals surface area (Å²) in [7, 11) is 0. The fourth-order valence-corrected chi connectivity index (χ4v) is 5.62. The molecular formula is C25H27ClFN7O2. The van der Waals surface area contributed by atoms with Gasteiger partial charge in [-0.3, -0.25) is 9.47 Å². The number of rotatable bonds is 3. The van der Waals surface area contributed by atoms with Crippen LogP contribution in [-0.2, 0) is 11.3 Å². The normalized spacial score (nSPS) is 19.9. The third-order valence-corrected chi connectivity index (χ3v) is 7.37. The molecule has 3 aliphatic heterocycles. The van der Waals surface area contributed by atoms with E-state index < -0.39 is 6.09 Å². The van der Waals surface area contributed by atoms with Crippen molar-refractivity contribution in [2.75, 3.05) is 36.0 Å². The number of hydrogen-bond donors (Lipinski definition) is 0. The summed E-state index contributed by atoms with van der Waals surface area (Å²) in [6, 6.07) is 8.50. The number of nitrogens with zero attached hydrogens (tertiary/aromatic N) is 7. The molecule has 1 unspecified atom stereocenters. The van der Waals surface area contributed by atoms with Gasteiger partial charge in [-0.1, -0.05) is 11.6 Å². The van der Waals surface area contributed by atoms with Crippen molar-refractivity contribution in [3.8, 4) is 5.69 Å². The summed E-state index contributed by atoms with van der Waals surface area (Å²) in [4.78, 5) is 23.2. The van der Waals surface area contributed by atoms with Gasteiger partial charge in [-0.2, -0.15) is 0 Å². The number of aromatic nitrogens is 4. The number of carbonyl (C=O) groups is 1. The van der Waals surface area contributed by atoms with Gasteiger partial charge in [0.25, 0.3) is 0 Å². The quantitative estimate of drug-likeness (QED) is 0.521. The van der Waals surface area contributed by atoms with Crippen molar-refractivity contribution in [3.63, 3.8) is 0 Å². The molecule has 2 saturated heterocycles. The molecule has 1 amide bonds. The second kappa shape index (κ2) is 8.33. The molecule has 1 aromatic carbocycles. The molecule has 0 N–H and O–H groups in total. The molecule has 5 heterocycles. The van der Waals surface area contributed by atoms with Crippen LogP contribution in [0.25, 0.3) is 5.69 Å². The molecule has 1 spiro atoms. The van der Waals surface area contributed by atoms with Gasteiger partial charge in [-0.25, -0.2) is 14.2 Å². The largest absolute Gasteiger partial charge is 0.447 e. The van der Waals surface area contributed by atoms with Crippen LogP contribution in [0.15, 0.2) is 36.5 Å². The van der Waals surface area contributed by atoms with E-state index in [0.29, 0.717) is 17.4 Å². The van der Waals surface area contributed by atoms with Crippen LogP contribution in [0.2, 0.25) is 5.02 Å². The Morgan fingerprint density at radius 2 is 1.89 bits per heavy atom. The SMILES string of the molecule is CC(C)OC(=O)N1Cc2cc(Cl)ccc2-n2c(nnc2N2CC3(CN(c4ccc(F)cn4)C3)C2)C1C. The molecule has 0 aliphatic carbocycles. The summed E-state index contributed by atoms with van der Waals surface area (Å²) in [5, 5.41) is 9.69. The van der Waals surface area contributed by atoms with Gasteiger partial charge in [0.05, 0.1) is 30.6 Å². The van der Waals surface area contributed by atoms with E-state index in [9.17, 15) is 9.18 Å². The Labute approximate surface area is 213 Å². The highest BCUT2D eigenvalue weighted by Gasteiger charge is 2.53. The lowest BCUT2D eigenvalue weighted by Crippen LogP contribution is -2.73. The van der Waals surface area contributed by atoms with Crippen molar-refractivity contribution >= 4 is 29.5 Å². The van der Waals surface area contributed by atoms with Crippen molar-refractivity contribution in [3.05, 3.63) is 58.8 Å². The maximum Gasteiger partial charge on any atom is 0.410 e. The summed E-state index contributed by atoms with van der Waals surface area (Å²) in [6.45, 7) is 9.35. The van der Waals surface area contributed by atoms with Gasteiger partial charge in [0, 0.05) is 36.6 Å². The smallest absolute Gasteiger partial charge is 0.410 e. The molecule has 36 heavy (non-hydrogen) atoms. The van der Waals surface area contributed by atoms with Gasteiger partial charge in [0.15, 0.2) is 5.82 Å². The number of amides is 1. The second-order valence-corrected chi connectivity index (χ2v) is 10.7. The first-order valence-electron chi connectivity index (χ1n) is 12.1. The highest BCUT2D eigenvalue weighted by molar-refractivity contribution is 6.30. The van der Waals surface area contributed by atoms with Crippen LogP contribution in [0.5, 0.6) is 0 Å². The zero-order chi connectivity index (χ0) is 25.2. The molecule has 9 nitrogen and oxygen atoms in total. The van der Waals surface area contributed by atoms with Crippen LogP contribution < -0.4 is 9.80 Å². The fourth-order valence-electron chi connectivity index (χ4n) is 5.43. The zero-order valence-electron chi connectivity index (χ0n) is 20.4. The molecule has 188 valence electrons. The highest BCUT2D eigenvalue weighted by Crippen LogP contribution is 2.44. The minimum atomic E-state index is -0.395. The number of carbonyl (C=O) groups excluding carboxylic acids is 1. The van der Waals surface area contributed by atoms with Gasteiger partial charge in [-0.05, 0) is 56.7 Å². The van der Waals surface area contributed by atoms with Gasteiger partial charge in [0.2, 0.25) is 5.95 Å². The fraction of sp³-hybridized carbons (Fsp3) is 0.440. The van der Waals surface area contributed by atoms with Crippen molar-refractivity contribution in [2.45, 2.75) is 39.5 Å². The molecule has 3 aliphatic rings. The molecule has 2 aromatic heterocycles. The topological polar surface area (TPSA) is 79.6 Å². The molecule has 2 fully saturated rings. The van der Waals surface area contributed by atoms with E-state index in [-0.39, 0.29) is 23.4 Å². The Morgan fingerprint density at radius 3 is 2.58 bits per heavy atom. The third-order valence-electron chi connectivity index (χ3n) is 7.13. The molecule has 6 rings (SSSR count). The summed E-state index contributed by atoms with van der Waals surface area (Å²) in [5.41, 5.74) is 1.96. The molecular weight excluding hydrogens is 485 g/mol. The van der Waals surface area contributed by atoms with E-state index >= 15 is 0 Å². The first-order chi connectivity index (χ1) is 17.2. The number of halogens is 2. The highest BCUT2D eigenvalue weighted by atomic mass is 35.5. The standard InChI is InChI=1S/C25H27ClFN7O2/c1-15(2)36-24(35)33-10-17-8-18(26)4-6-20(17)34-22(16(33)3)29-30-23(34)32-13-25(14-32)11-31(12-25)21-7-5-19(27)9-28-21/h4-9,15-16H,10-14H2,1-3H3. The van der Waals surface area contributed by atoms with E-state index in [1.54, 1.807) is 11.0 Å². The molecule has 11 heteroatoms. The van der Waals surface area contributed by atoms with Gasteiger partial charge < -0.3 is 14.5 Å². The average molecular weight is 512 g/mol. The Hall–Kier alpha value is -3.40. The molecule has 0 bridgehead atoms. The average Bonchev–Trinajstić information content (AvgIpc) is 3.15. The van der Waals surface area contributed by atoms with E-state index in [1.165, 1.54) is 12.3 Å². The number of fused-ring (bicyclic) bond motifs is 3. The number of hydrogen-bond acceptors (Lipinski definition) is 7. The Morgan fingerprint density at radius 1 is 1.14 bits per heavy atom. The predicted octanol–water partition coefficient (Wildman–Crippen LogP) is 4.20. The monoisotopic (exact) mass is 511 g/mol. The number of benzene rings is 1. The molecule has 3 aromatic rings. The minimum Gasteiger partial charge on any atom is -0.447 e. The number of anilines is 2. The summed E-state index contributed by atoms with van der Waals surface area (Å²) < 4.78 is 20.8. The van der Waals surface area contributed by atoms with Crippen LogP contribution >= 0.6 is 11.6 Å². The molecule has 0 radical (unpaired) electrons. The summed E-state index contributed by atoms with van der Waals surface area (Å²) in [6.07, 6.45) is 0.627. The second-order valence-electron chi connectivity index (χ2n) is 10.2. The summed E-state index contributed by atoms with van der Waals surface area (Å²) >= 11 is 6.34. The molecule has 1 atom stereocenters. The van der Waals surface area contributed by atoms with E-state index in [4.69, 9.17) is 16.3 Å². The first-order valence-corrected chi connectivity index (χ1v) is 12.4. The lowest BCUT2D eigenvalue weighted by atomic mass is 9.73. The Bertz CT molecular complexity index is 1310. The zero-order valence-corrected chi connectivity index (χ0v) is 21.1.